The van der Waals surface area contributed by atoms with Crippen LogP contribution in [0.1, 0.15) is 124 Å². The van der Waals surface area contributed by atoms with Crippen molar-refractivity contribution in [1.29, 1.82) is 21.6 Å². The number of amidine groups is 6. The van der Waals surface area contributed by atoms with Crippen LogP contribution in [-0.4, -0.2) is 126 Å². The standard InChI is InChI=1S/C19H23N4O.C17H20N5O.C16H18N5O.C16H18N5S.C14H15N4O.C14H15N4S/c1-21-9-5-15-6-10-23(18(15)13-21)12-17-11-16(14-24-17)19(20)22-7-3-2-4-8-22;1-20-7-4-13-9-19-22(16(13)11-20)10-15-8-14(12-23-15)17(18)21-5-2-3-6-21;2*1-20-5-4-11-7-18-21(15(11)9-20)8-14-6-12(10-22-14)16(17)19-13-2-3-13;2*1-17-4-2-10-3-5-18(13(10)8-17)7-12-6-11(9-19-12)14(15)16/h5-6,9-11,13-14,20H,2-4,7-8,12H2,1H3;4,7-9,11-12,18H,2-3,5-6,10H2,1H3;2*4-7,9-10,13H,2-3,8H2,1H3,(H2,17,19);2*2-6,8-9H,7H2,1H3,(H3,15,16)/q6*+1. The molecule has 2 saturated heterocycles. The Morgan fingerprint density at radius 1 is 0.364 bits per heavy atom. The minimum Gasteiger partial charge on any atom is -0.467 e. The number of hydrogen-bond acceptors (Lipinski definition) is 15. The number of pyridine rings is 6. The molecule has 18 aromatic heterocycles. The Bertz CT molecular complexity index is 6850. The summed E-state index contributed by atoms with van der Waals surface area (Å²) < 4.78 is 47.0. The maximum atomic E-state index is 8.40. The van der Waals surface area contributed by atoms with Gasteiger partial charge < -0.3 is 64.1 Å². The van der Waals surface area contributed by atoms with Crippen LogP contribution in [0, 0.1) is 21.6 Å². The topological polar surface area (TPSA) is 375 Å². The molecule has 0 aromatic carbocycles. The van der Waals surface area contributed by atoms with Crippen molar-refractivity contribution in [2.45, 2.75) is 109 Å². The molecule has 33 heteroatoms. The third-order valence-corrected chi connectivity index (χ3v) is 25.0. The van der Waals surface area contributed by atoms with Gasteiger partial charge in [-0.2, -0.15) is 15.3 Å². The molecule has 129 heavy (non-hydrogen) atoms. The predicted molar refractivity (Wildman–Crippen MR) is 500 cm³/mol. The zero-order valence-electron chi connectivity index (χ0n) is 73.4. The summed E-state index contributed by atoms with van der Waals surface area (Å²) in [6, 6.07) is 31.5. The average Bonchev–Trinajstić information content (AvgIpc) is 1.65. The summed E-state index contributed by atoms with van der Waals surface area (Å²) in [6.45, 7) is 7.93. The fourth-order valence-electron chi connectivity index (χ4n) is 15.7. The summed E-state index contributed by atoms with van der Waals surface area (Å²) in [6.07, 6.45) is 53.7. The van der Waals surface area contributed by atoms with Crippen molar-refractivity contribution in [1.82, 2.24) is 52.8 Å². The molecule has 0 spiro atoms. The maximum Gasteiger partial charge on any atom is 0.194 e. The van der Waals surface area contributed by atoms with Gasteiger partial charge in [0.2, 0.25) is 0 Å². The molecule has 0 amide bonds. The third kappa shape index (κ3) is 21.4. The highest BCUT2D eigenvalue weighted by atomic mass is 32.1. The number of aromatic nitrogens is 15. The van der Waals surface area contributed by atoms with Crippen LogP contribution in [0.4, 0.5) is 0 Å². The zero-order chi connectivity index (χ0) is 89.3. The van der Waals surface area contributed by atoms with E-state index in [-0.39, 0.29) is 11.7 Å². The minimum absolute atomic E-state index is 0.0266. The number of thiophene rings is 2. The molecule has 0 unspecified atom stereocenters. The van der Waals surface area contributed by atoms with E-state index in [1.165, 1.54) is 88.2 Å². The zero-order valence-corrected chi connectivity index (χ0v) is 75.0. The van der Waals surface area contributed by atoms with Gasteiger partial charge in [-0.25, -0.2) is 27.4 Å². The van der Waals surface area contributed by atoms with E-state index in [9.17, 15) is 0 Å². The summed E-state index contributed by atoms with van der Waals surface area (Å²) in [5.74, 6) is 5.86. The van der Waals surface area contributed by atoms with Crippen LogP contribution < -0.4 is 50.3 Å². The van der Waals surface area contributed by atoms with Gasteiger partial charge in [0.05, 0.1) is 92.2 Å². The van der Waals surface area contributed by atoms with E-state index in [1.54, 1.807) is 47.5 Å². The number of furan rings is 4. The first-order chi connectivity index (χ1) is 62.5. The Morgan fingerprint density at radius 3 is 1.08 bits per heavy atom. The largest absolute Gasteiger partial charge is 0.467 e. The molecule has 4 aliphatic rings. The van der Waals surface area contributed by atoms with Gasteiger partial charge in [0.15, 0.2) is 74.4 Å². The molecular formula is C96H109N27O4S2+6. The number of piperidine rings is 1. The minimum atomic E-state index is 0.0266. The van der Waals surface area contributed by atoms with Crippen LogP contribution in [0.25, 0.3) is 65.4 Å². The summed E-state index contributed by atoms with van der Waals surface area (Å²) in [5, 5.41) is 55.9. The molecule has 20 heterocycles. The number of hydrogen-bond donors (Lipinski definition) is 8. The van der Waals surface area contributed by atoms with Gasteiger partial charge in [-0.3, -0.25) is 45.7 Å². The second kappa shape index (κ2) is 38.6. The number of nitrogens with zero attached hydrogens (tertiary/aromatic N) is 19. The van der Waals surface area contributed by atoms with Crippen LogP contribution in [-0.2, 0) is 81.6 Å². The summed E-state index contributed by atoms with van der Waals surface area (Å²) in [5.41, 5.74) is 34.8. The fourth-order valence-corrected chi connectivity index (χ4v) is 17.4. The molecule has 2 saturated carbocycles. The Hall–Kier alpha value is -14.7. The van der Waals surface area contributed by atoms with Gasteiger partial charge >= 0.3 is 0 Å². The van der Waals surface area contributed by atoms with Crippen molar-refractivity contribution >= 4 is 123 Å². The maximum absolute atomic E-state index is 8.40. The van der Waals surface area contributed by atoms with Crippen LogP contribution in [0.15, 0.2) is 266 Å². The van der Waals surface area contributed by atoms with Crippen molar-refractivity contribution in [3.8, 4) is 0 Å². The number of nitrogens with two attached hydrogens (primary N) is 4. The van der Waals surface area contributed by atoms with Gasteiger partial charge in [-0.05, 0) is 112 Å². The molecule has 31 nitrogen and oxygen atoms in total. The lowest BCUT2D eigenvalue weighted by Crippen LogP contribution is -2.35. The lowest BCUT2D eigenvalue weighted by molar-refractivity contribution is -0.670. The molecule has 12 N–H and O–H groups in total. The lowest BCUT2D eigenvalue weighted by atomic mass is 10.1. The van der Waals surface area contributed by atoms with Crippen molar-refractivity contribution in [3.05, 3.63) is 305 Å². The highest BCUT2D eigenvalue weighted by Crippen LogP contribution is 2.29. The van der Waals surface area contributed by atoms with Gasteiger partial charge in [0, 0.05) is 145 Å². The Morgan fingerprint density at radius 2 is 0.682 bits per heavy atom. The first kappa shape index (κ1) is 86.4. The second-order valence-electron chi connectivity index (χ2n) is 33.5. The SMILES string of the molecule is C[n+]1ccc2ccn(Cc3cc(C(=N)N)co3)c2c1.C[n+]1ccc2ccn(Cc3cc(C(=N)N)cs3)c2c1.C[n+]1ccc2ccn(Cc3cc(C(=N)N4CCCCC4)co3)c2c1.C[n+]1ccc2cnn(Cc3cc(C(=N)N4CCCC4)co3)c2c1.C[n+]1ccc2cnn(Cc3cc(C(N)=NC4CC4)co3)c2c1.C[n+]1ccc2cnn(Cc3cc(C(N)=NC4CC4)cs3)c2c1. The van der Waals surface area contributed by atoms with Gasteiger partial charge in [0.1, 0.15) is 158 Å². The highest BCUT2D eigenvalue weighted by Gasteiger charge is 2.25. The molecular weight excluding hydrogens is 1660 g/mol. The highest BCUT2D eigenvalue weighted by molar-refractivity contribution is 7.10. The molecule has 2 aliphatic carbocycles. The number of nitrogen functional groups attached to an aromatic ring is 2. The van der Waals surface area contributed by atoms with Gasteiger partial charge in [-0.1, -0.05) is 0 Å². The van der Waals surface area contributed by atoms with E-state index in [0.29, 0.717) is 67.2 Å². The van der Waals surface area contributed by atoms with Crippen molar-refractivity contribution in [2.75, 3.05) is 26.2 Å². The van der Waals surface area contributed by atoms with E-state index >= 15 is 0 Å². The smallest absolute Gasteiger partial charge is 0.194 e. The molecule has 2 aliphatic heterocycles. The molecule has 0 bridgehead atoms. The molecule has 4 fully saturated rings. The van der Waals surface area contributed by atoms with Crippen molar-refractivity contribution in [3.63, 3.8) is 0 Å². The van der Waals surface area contributed by atoms with Crippen molar-refractivity contribution < 1.29 is 45.1 Å². The number of aliphatic imine (C=N–C) groups is 2. The fraction of sp³-hybridized carbons (Fsp3) is 0.281. The van der Waals surface area contributed by atoms with Crippen LogP contribution in [0.2, 0.25) is 0 Å². The molecule has 0 radical (unpaired) electrons. The molecule has 18 aromatic rings. The summed E-state index contributed by atoms with van der Waals surface area (Å²) >= 11 is 3.35. The Balaban J connectivity index is 0.000000109. The Labute approximate surface area is 753 Å². The van der Waals surface area contributed by atoms with Gasteiger partial charge in [-0.15, -0.1) is 22.7 Å². The van der Waals surface area contributed by atoms with E-state index < -0.39 is 0 Å². The molecule has 22 rings (SSSR count). The third-order valence-electron chi connectivity index (χ3n) is 23.1. The van der Waals surface area contributed by atoms with E-state index in [1.807, 2.05) is 171 Å². The van der Waals surface area contributed by atoms with E-state index in [4.69, 9.17) is 62.2 Å². The second-order valence-corrected chi connectivity index (χ2v) is 35.5. The normalized spacial score (nSPS) is 14.0. The predicted octanol–water partition coefficient (Wildman–Crippen LogP) is 11.3. The quantitative estimate of drug-likeness (QED) is 0.0200. The monoisotopic (exact) mass is 1770 g/mol. The van der Waals surface area contributed by atoms with Crippen molar-refractivity contribution in [2.24, 2.45) is 75.2 Å². The van der Waals surface area contributed by atoms with Crippen LogP contribution in [0.5, 0.6) is 0 Å². The van der Waals surface area contributed by atoms with E-state index in [0.717, 1.165) is 141 Å². The molecule has 0 atom stereocenters. The number of aryl methyl sites for hydroxylation is 6. The van der Waals surface area contributed by atoms with E-state index in [2.05, 4.69) is 169 Å². The summed E-state index contributed by atoms with van der Waals surface area (Å²) in [4.78, 5) is 15.6. The lowest BCUT2D eigenvalue weighted by Gasteiger charge is -2.28. The van der Waals surface area contributed by atoms with Crippen LogP contribution in [0.3, 0.4) is 0 Å². The Kier molecular flexibility index (Phi) is 25.9. The number of likely N-dealkylation sites (tertiary alicyclic amines) is 2. The summed E-state index contributed by atoms with van der Waals surface area (Å²) in [7, 11) is 12.1. The first-order valence-corrected chi connectivity index (χ1v) is 45.0. The van der Waals surface area contributed by atoms with Crippen LogP contribution >= 0.6 is 22.7 Å². The first-order valence-electron chi connectivity index (χ1n) is 43.3. The van der Waals surface area contributed by atoms with Gasteiger partial charge in [0.25, 0.3) is 0 Å². The number of fused-ring (bicyclic) bond motifs is 6. The number of rotatable bonds is 20. The molecule has 658 valence electrons. The number of nitrogens with one attached hydrogen (secondary N) is 4. The average molecular weight is 1770 g/mol.